The highest BCUT2D eigenvalue weighted by Gasteiger charge is 2.17. The summed E-state index contributed by atoms with van der Waals surface area (Å²) < 4.78 is 0. The van der Waals surface area contributed by atoms with Gasteiger partial charge in [0.05, 0.1) is 0 Å². The maximum atomic E-state index is 4.45. The monoisotopic (exact) mass is 190 g/mol. The molecule has 2 nitrogen and oxygen atoms in total. The van der Waals surface area contributed by atoms with Crippen molar-refractivity contribution in [2.45, 2.75) is 32.1 Å². The fourth-order valence-electron chi connectivity index (χ4n) is 2.25. The summed E-state index contributed by atoms with van der Waals surface area (Å²) >= 11 is 0. The van der Waals surface area contributed by atoms with Gasteiger partial charge in [0.1, 0.15) is 0 Å². The fourth-order valence-corrected chi connectivity index (χ4v) is 2.25. The summed E-state index contributed by atoms with van der Waals surface area (Å²) in [6, 6.07) is 4.32. The van der Waals surface area contributed by atoms with Crippen LogP contribution in [0.4, 0.5) is 0 Å². The van der Waals surface area contributed by atoms with Crippen molar-refractivity contribution in [2.24, 2.45) is 0 Å². The molecule has 2 heterocycles. The first-order valence-corrected chi connectivity index (χ1v) is 5.56. The number of aromatic nitrogens is 1. The minimum absolute atomic E-state index is 0.736. The number of aryl methyl sites for hydroxylation is 1. The van der Waals surface area contributed by atoms with Crippen LogP contribution in [0.25, 0.3) is 0 Å². The molecule has 1 saturated heterocycles. The van der Waals surface area contributed by atoms with Crippen molar-refractivity contribution in [1.82, 2.24) is 10.3 Å². The number of rotatable bonds is 2. The molecule has 0 atom stereocenters. The van der Waals surface area contributed by atoms with Gasteiger partial charge in [-0.3, -0.25) is 4.98 Å². The normalized spacial score (nSPS) is 18.4. The third-order valence-electron chi connectivity index (χ3n) is 3.04. The van der Waals surface area contributed by atoms with Crippen molar-refractivity contribution < 1.29 is 0 Å². The summed E-state index contributed by atoms with van der Waals surface area (Å²) in [5.41, 5.74) is 2.77. The van der Waals surface area contributed by atoms with E-state index in [2.05, 4.69) is 29.4 Å². The zero-order chi connectivity index (χ0) is 9.80. The highest BCUT2D eigenvalue weighted by Crippen LogP contribution is 2.26. The van der Waals surface area contributed by atoms with Gasteiger partial charge < -0.3 is 5.32 Å². The molecule has 1 fully saturated rings. The van der Waals surface area contributed by atoms with Crippen molar-refractivity contribution in [2.75, 3.05) is 13.1 Å². The van der Waals surface area contributed by atoms with Crippen molar-refractivity contribution in [3.63, 3.8) is 0 Å². The summed E-state index contributed by atoms with van der Waals surface area (Å²) in [5.74, 6) is 0.736. The van der Waals surface area contributed by atoms with Gasteiger partial charge in [0.25, 0.3) is 0 Å². The van der Waals surface area contributed by atoms with Crippen molar-refractivity contribution in [1.29, 1.82) is 0 Å². The molecule has 2 heteroatoms. The Morgan fingerprint density at radius 2 is 2.21 bits per heavy atom. The van der Waals surface area contributed by atoms with Crippen LogP contribution in [0.2, 0.25) is 0 Å². The van der Waals surface area contributed by atoms with Crippen molar-refractivity contribution in [3.8, 4) is 0 Å². The predicted octanol–water partition coefficient (Wildman–Crippen LogP) is 2.11. The quantitative estimate of drug-likeness (QED) is 0.772. The standard InChI is InChI=1S/C12H18N2/c1-2-12-11(4-3-7-14-12)10-5-8-13-9-6-10/h3-4,7,10,13H,2,5-6,8-9H2,1H3. The van der Waals surface area contributed by atoms with Crippen molar-refractivity contribution >= 4 is 0 Å². The second kappa shape index (κ2) is 4.56. The molecule has 0 radical (unpaired) electrons. The van der Waals surface area contributed by atoms with Crippen LogP contribution in [0.3, 0.4) is 0 Å². The first-order valence-electron chi connectivity index (χ1n) is 5.56. The number of hydrogen-bond donors (Lipinski definition) is 1. The first kappa shape index (κ1) is 9.66. The second-order valence-electron chi connectivity index (χ2n) is 3.92. The maximum absolute atomic E-state index is 4.45. The third-order valence-corrected chi connectivity index (χ3v) is 3.04. The molecule has 0 aliphatic carbocycles. The molecule has 0 spiro atoms. The van der Waals surface area contributed by atoms with E-state index in [1.165, 1.54) is 24.1 Å². The molecule has 1 aliphatic heterocycles. The Morgan fingerprint density at radius 3 is 2.93 bits per heavy atom. The van der Waals surface area contributed by atoms with Gasteiger partial charge in [-0.05, 0) is 49.9 Å². The Hall–Kier alpha value is -0.890. The molecule has 0 amide bonds. The topological polar surface area (TPSA) is 24.9 Å². The lowest BCUT2D eigenvalue weighted by Gasteiger charge is -2.24. The Morgan fingerprint density at radius 1 is 1.43 bits per heavy atom. The van der Waals surface area contributed by atoms with Crippen LogP contribution in [0.5, 0.6) is 0 Å². The average molecular weight is 190 g/mol. The smallest absolute Gasteiger partial charge is 0.0435 e. The van der Waals surface area contributed by atoms with E-state index >= 15 is 0 Å². The Bertz CT molecular complexity index is 290. The highest BCUT2D eigenvalue weighted by atomic mass is 14.9. The first-order chi connectivity index (χ1) is 6.92. The van der Waals surface area contributed by atoms with E-state index in [0.717, 1.165) is 25.4 Å². The molecule has 1 aromatic rings. The zero-order valence-electron chi connectivity index (χ0n) is 8.79. The van der Waals surface area contributed by atoms with Gasteiger partial charge in [0.15, 0.2) is 0 Å². The maximum Gasteiger partial charge on any atom is 0.0435 e. The lowest BCUT2D eigenvalue weighted by atomic mass is 9.88. The Labute approximate surface area is 85.7 Å². The van der Waals surface area contributed by atoms with Crippen LogP contribution < -0.4 is 5.32 Å². The summed E-state index contributed by atoms with van der Waals surface area (Å²) in [5, 5.41) is 3.40. The summed E-state index contributed by atoms with van der Waals surface area (Å²) in [4.78, 5) is 4.45. The molecule has 0 saturated carbocycles. The summed E-state index contributed by atoms with van der Waals surface area (Å²) in [6.07, 6.45) is 5.49. The highest BCUT2D eigenvalue weighted by molar-refractivity contribution is 5.24. The number of nitrogens with zero attached hydrogens (tertiary/aromatic N) is 1. The van der Waals surface area contributed by atoms with E-state index in [4.69, 9.17) is 0 Å². The molecular formula is C12H18N2. The van der Waals surface area contributed by atoms with E-state index in [0.29, 0.717) is 0 Å². The Kier molecular flexibility index (Phi) is 3.14. The van der Waals surface area contributed by atoms with E-state index in [-0.39, 0.29) is 0 Å². The van der Waals surface area contributed by atoms with Crippen molar-refractivity contribution in [3.05, 3.63) is 29.6 Å². The van der Waals surface area contributed by atoms with Crippen LogP contribution >= 0.6 is 0 Å². The molecule has 0 unspecified atom stereocenters. The van der Waals surface area contributed by atoms with Gasteiger partial charge in [-0.25, -0.2) is 0 Å². The molecule has 0 aromatic carbocycles. The molecule has 14 heavy (non-hydrogen) atoms. The lowest BCUT2D eigenvalue weighted by Crippen LogP contribution is -2.27. The molecule has 1 aliphatic rings. The summed E-state index contributed by atoms with van der Waals surface area (Å²) in [7, 11) is 0. The van der Waals surface area contributed by atoms with Gasteiger partial charge >= 0.3 is 0 Å². The van der Waals surface area contributed by atoms with Crippen LogP contribution in [0.1, 0.15) is 36.9 Å². The number of pyridine rings is 1. The third kappa shape index (κ3) is 1.95. The van der Waals surface area contributed by atoms with Gasteiger partial charge in [-0.1, -0.05) is 13.0 Å². The molecular weight excluding hydrogens is 172 g/mol. The van der Waals surface area contributed by atoms with Crippen LogP contribution in [-0.2, 0) is 6.42 Å². The van der Waals surface area contributed by atoms with E-state index in [9.17, 15) is 0 Å². The minimum atomic E-state index is 0.736. The van der Waals surface area contributed by atoms with E-state index in [1.54, 1.807) is 0 Å². The number of hydrogen-bond acceptors (Lipinski definition) is 2. The van der Waals surface area contributed by atoms with Gasteiger partial charge in [-0.15, -0.1) is 0 Å². The fraction of sp³-hybridized carbons (Fsp3) is 0.583. The van der Waals surface area contributed by atoms with E-state index < -0.39 is 0 Å². The number of piperidine rings is 1. The summed E-state index contributed by atoms with van der Waals surface area (Å²) in [6.45, 7) is 4.50. The minimum Gasteiger partial charge on any atom is -0.317 e. The van der Waals surface area contributed by atoms with E-state index in [1.807, 2.05) is 6.20 Å². The predicted molar refractivity (Wildman–Crippen MR) is 58.5 cm³/mol. The SMILES string of the molecule is CCc1ncccc1C1CCNCC1. The molecule has 1 aromatic heterocycles. The second-order valence-corrected chi connectivity index (χ2v) is 3.92. The van der Waals surface area contributed by atoms with Crippen LogP contribution in [-0.4, -0.2) is 18.1 Å². The van der Waals surface area contributed by atoms with Crippen LogP contribution in [0.15, 0.2) is 18.3 Å². The largest absolute Gasteiger partial charge is 0.317 e. The molecule has 0 bridgehead atoms. The molecule has 2 rings (SSSR count). The van der Waals surface area contributed by atoms with Gasteiger partial charge in [0.2, 0.25) is 0 Å². The zero-order valence-corrected chi connectivity index (χ0v) is 8.79. The average Bonchev–Trinajstić information content (AvgIpc) is 2.30. The molecule has 76 valence electrons. The Balaban J connectivity index is 2.20. The molecule has 1 N–H and O–H groups in total. The lowest BCUT2D eigenvalue weighted by molar-refractivity contribution is 0.457. The van der Waals surface area contributed by atoms with Crippen LogP contribution in [0, 0.1) is 0 Å². The number of nitrogens with one attached hydrogen (secondary N) is 1. The van der Waals surface area contributed by atoms with Gasteiger partial charge in [-0.2, -0.15) is 0 Å². The van der Waals surface area contributed by atoms with Gasteiger partial charge in [0, 0.05) is 11.9 Å².